The van der Waals surface area contributed by atoms with Crippen LogP contribution in [0.5, 0.6) is 0 Å². The molecule has 166 valence electrons. The number of aryl methyl sites for hydroxylation is 1. The third-order valence-electron chi connectivity index (χ3n) is 7.10. The molecule has 0 spiro atoms. The molecule has 2 fully saturated rings. The van der Waals surface area contributed by atoms with Gasteiger partial charge in [-0.15, -0.1) is 0 Å². The fraction of sp³-hybridized carbons (Fsp3) is 0.609. The molecular weight excluding hydrogens is 410 g/mol. The highest BCUT2D eigenvalue weighted by atomic mass is 32.2. The van der Waals surface area contributed by atoms with E-state index in [1.54, 1.807) is 10.5 Å². The van der Waals surface area contributed by atoms with Crippen LogP contribution in [-0.4, -0.2) is 51.5 Å². The lowest BCUT2D eigenvalue weighted by molar-refractivity contribution is 0.275. The summed E-state index contributed by atoms with van der Waals surface area (Å²) >= 11 is 0. The fourth-order valence-electron chi connectivity index (χ4n) is 5.51. The van der Waals surface area contributed by atoms with Crippen molar-refractivity contribution in [3.05, 3.63) is 30.0 Å². The number of pyridine rings is 1. The van der Waals surface area contributed by atoms with Crippen LogP contribution in [0.4, 0.5) is 0 Å². The monoisotopic (exact) mass is 441 g/mol. The van der Waals surface area contributed by atoms with Crippen LogP contribution in [0.1, 0.15) is 62.9 Å². The fourth-order valence-corrected chi connectivity index (χ4v) is 7.54. The van der Waals surface area contributed by atoms with Crippen molar-refractivity contribution in [3.63, 3.8) is 0 Å². The van der Waals surface area contributed by atoms with E-state index in [4.69, 9.17) is 0 Å². The second-order valence-corrected chi connectivity index (χ2v) is 11.6. The first kappa shape index (κ1) is 20.8. The number of rotatable bonds is 4. The minimum absolute atomic E-state index is 0.245. The van der Waals surface area contributed by atoms with E-state index in [1.165, 1.54) is 5.69 Å². The first-order valence-electron chi connectivity index (χ1n) is 11.5. The van der Waals surface area contributed by atoms with Gasteiger partial charge in [0.05, 0.1) is 17.5 Å². The highest BCUT2D eigenvalue weighted by molar-refractivity contribution is 7.89. The Morgan fingerprint density at radius 2 is 1.97 bits per heavy atom. The summed E-state index contributed by atoms with van der Waals surface area (Å²) in [4.78, 5) is 17.0. The minimum Gasteiger partial charge on any atom is -0.347 e. The summed E-state index contributed by atoms with van der Waals surface area (Å²) in [6, 6.07) is 2.01. The first-order chi connectivity index (χ1) is 14.9. The molecule has 0 bridgehead atoms. The zero-order chi connectivity index (χ0) is 21.6. The number of hydrogen-bond acceptors (Lipinski definition) is 5. The van der Waals surface area contributed by atoms with Gasteiger partial charge in [0.2, 0.25) is 10.0 Å². The van der Waals surface area contributed by atoms with Gasteiger partial charge in [-0.2, -0.15) is 0 Å². The molecule has 1 N–H and O–H groups in total. The van der Waals surface area contributed by atoms with Crippen LogP contribution in [0.3, 0.4) is 0 Å². The lowest BCUT2D eigenvalue weighted by Gasteiger charge is -2.33. The number of sulfonamides is 1. The molecule has 1 aliphatic heterocycles. The molecule has 31 heavy (non-hydrogen) atoms. The highest BCUT2D eigenvalue weighted by Crippen LogP contribution is 2.39. The maximum atomic E-state index is 13.0. The molecule has 3 aromatic heterocycles. The molecule has 3 aromatic rings. The number of nitrogens with zero attached hydrogens (tertiary/aromatic N) is 4. The van der Waals surface area contributed by atoms with Crippen molar-refractivity contribution in [2.24, 2.45) is 11.8 Å². The predicted octanol–water partition coefficient (Wildman–Crippen LogP) is 4.15. The highest BCUT2D eigenvalue weighted by Gasteiger charge is 2.32. The number of fused-ring (bicyclic) bond motifs is 3. The first-order valence-corrected chi connectivity index (χ1v) is 13.1. The summed E-state index contributed by atoms with van der Waals surface area (Å²) in [5.74, 6) is 2.27. The third kappa shape index (κ3) is 4.07. The van der Waals surface area contributed by atoms with Crippen LogP contribution in [-0.2, 0) is 10.0 Å². The molecule has 0 amide bonds. The number of piperidine rings is 1. The van der Waals surface area contributed by atoms with Crippen LogP contribution in [0.25, 0.3) is 21.9 Å². The molecule has 5 rings (SSSR count). The Morgan fingerprint density at radius 3 is 2.74 bits per heavy atom. The Labute approximate surface area is 183 Å². The summed E-state index contributed by atoms with van der Waals surface area (Å²) in [5, 5.41) is 2.16. The standard InChI is InChI=1S/C23H31N5O2S/c1-15-4-3-11-28(13-15)31(29,30)14-17-5-7-18(8-6-17)22-21-19-9-10-24-23(19)25-12-20(21)26-16(2)27-22/h9-10,12,15,17-18H,3-8,11,13-14H2,1-2H3,(H,26,27). The largest absolute Gasteiger partial charge is 0.347 e. The van der Waals surface area contributed by atoms with Gasteiger partial charge in [0.25, 0.3) is 0 Å². The smallest absolute Gasteiger partial charge is 0.214 e. The average Bonchev–Trinajstić information content (AvgIpc) is 3.22. The molecular formula is C23H31N5O2S. The topological polar surface area (TPSA) is 91.8 Å². The Balaban J connectivity index is 1.34. The average molecular weight is 442 g/mol. The van der Waals surface area contributed by atoms with Gasteiger partial charge in [-0.1, -0.05) is 6.92 Å². The Morgan fingerprint density at radius 1 is 1.16 bits per heavy atom. The molecule has 0 radical (unpaired) electrons. The van der Waals surface area contributed by atoms with Crippen molar-refractivity contribution in [2.45, 2.75) is 58.3 Å². The Hall–Kier alpha value is -2.06. The second kappa shape index (κ2) is 8.13. The summed E-state index contributed by atoms with van der Waals surface area (Å²) in [7, 11) is -3.16. The number of hydrogen-bond donors (Lipinski definition) is 1. The predicted molar refractivity (Wildman–Crippen MR) is 122 cm³/mol. The SMILES string of the molecule is Cc1nc2cnc3nccc3c2c(C2CCC(CS(=O)(=O)N3CCCC(C)C3)CC2)[nH]1. The Bertz CT molecular complexity index is 1200. The van der Waals surface area contributed by atoms with E-state index in [-0.39, 0.29) is 5.92 Å². The number of H-pyrrole nitrogens is 1. The normalized spacial score (nSPS) is 25.9. The van der Waals surface area contributed by atoms with E-state index in [2.05, 4.69) is 26.9 Å². The van der Waals surface area contributed by atoms with Gasteiger partial charge in [0, 0.05) is 35.8 Å². The minimum atomic E-state index is -3.16. The van der Waals surface area contributed by atoms with Crippen molar-refractivity contribution in [2.75, 3.05) is 18.8 Å². The summed E-state index contributed by atoms with van der Waals surface area (Å²) in [6.45, 7) is 5.51. The third-order valence-corrected chi connectivity index (χ3v) is 9.11. The van der Waals surface area contributed by atoms with Crippen molar-refractivity contribution in [1.82, 2.24) is 24.2 Å². The number of aromatic nitrogens is 4. The van der Waals surface area contributed by atoms with Crippen molar-refractivity contribution in [3.8, 4) is 0 Å². The van der Waals surface area contributed by atoms with Crippen LogP contribution in [0, 0.1) is 18.8 Å². The van der Waals surface area contributed by atoms with Gasteiger partial charge >= 0.3 is 0 Å². The van der Waals surface area contributed by atoms with Crippen LogP contribution in [0.2, 0.25) is 0 Å². The number of nitrogens with one attached hydrogen (secondary N) is 1. The zero-order valence-corrected chi connectivity index (χ0v) is 19.2. The molecule has 1 saturated heterocycles. The molecule has 1 saturated carbocycles. The summed E-state index contributed by atoms with van der Waals surface area (Å²) in [5.41, 5.74) is 2.85. The van der Waals surface area contributed by atoms with E-state index in [1.807, 2.05) is 19.2 Å². The summed E-state index contributed by atoms with van der Waals surface area (Å²) < 4.78 is 27.7. The van der Waals surface area contributed by atoms with Gasteiger partial charge in [-0.25, -0.2) is 27.7 Å². The maximum Gasteiger partial charge on any atom is 0.214 e. The van der Waals surface area contributed by atoms with Crippen LogP contribution >= 0.6 is 0 Å². The van der Waals surface area contributed by atoms with E-state index in [9.17, 15) is 8.42 Å². The lowest BCUT2D eigenvalue weighted by atomic mass is 9.80. The van der Waals surface area contributed by atoms with Crippen LogP contribution in [0.15, 0.2) is 18.5 Å². The van der Waals surface area contributed by atoms with Crippen molar-refractivity contribution in [1.29, 1.82) is 0 Å². The van der Waals surface area contributed by atoms with Gasteiger partial charge in [-0.05, 0) is 69.3 Å². The molecule has 0 aromatic carbocycles. The zero-order valence-electron chi connectivity index (χ0n) is 18.3. The van der Waals surface area contributed by atoms with Gasteiger partial charge in [0.1, 0.15) is 5.82 Å². The van der Waals surface area contributed by atoms with E-state index >= 15 is 0 Å². The molecule has 1 aliphatic carbocycles. The van der Waals surface area contributed by atoms with E-state index in [0.29, 0.717) is 30.7 Å². The Kier molecular flexibility index (Phi) is 5.46. The molecule has 2 aliphatic rings. The van der Waals surface area contributed by atoms with Gasteiger partial charge in [0.15, 0.2) is 5.65 Å². The molecule has 7 nitrogen and oxygen atoms in total. The molecule has 8 heteroatoms. The number of aromatic amines is 1. The van der Waals surface area contributed by atoms with Crippen LogP contribution < -0.4 is 0 Å². The molecule has 4 heterocycles. The maximum absolute atomic E-state index is 13.0. The second-order valence-electron chi connectivity index (χ2n) is 9.54. The quantitative estimate of drug-likeness (QED) is 0.657. The molecule has 1 unspecified atom stereocenters. The van der Waals surface area contributed by atoms with E-state index < -0.39 is 10.0 Å². The molecule has 1 atom stereocenters. The van der Waals surface area contributed by atoms with Crippen molar-refractivity contribution >= 4 is 32.0 Å². The van der Waals surface area contributed by atoms with Gasteiger partial charge < -0.3 is 4.98 Å². The lowest BCUT2D eigenvalue weighted by Crippen LogP contribution is -2.41. The van der Waals surface area contributed by atoms with Gasteiger partial charge in [-0.3, -0.25) is 0 Å². The summed E-state index contributed by atoms with van der Waals surface area (Å²) in [6.07, 6.45) is 9.59. The van der Waals surface area contributed by atoms with Crippen molar-refractivity contribution < 1.29 is 8.42 Å². The van der Waals surface area contributed by atoms with E-state index in [0.717, 1.165) is 66.3 Å².